The second-order valence-electron chi connectivity index (χ2n) is 4.80. The molecule has 0 radical (unpaired) electrons. The van der Waals surface area contributed by atoms with E-state index in [9.17, 15) is 10.1 Å². The van der Waals surface area contributed by atoms with Crippen molar-refractivity contribution in [2.75, 3.05) is 25.5 Å². The second kappa shape index (κ2) is 5.34. The number of hydrogen-bond donors (Lipinski definition) is 1. The van der Waals surface area contributed by atoms with Crippen LogP contribution in [0.1, 0.15) is 19.3 Å². The third kappa shape index (κ3) is 2.79. The summed E-state index contributed by atoms with van der Waals surface area (Å²) in [5.41, 5.74) is 0.0379. The topological polar surface area (TPSA) is 76.2 Å². The van der Waals surface area contributed by atoms with Gasteiger partial charge in [-0.2, -0.15) is 0 Å². The van der Waals surface area contributed by atoms with Gasteiger partial charge >= 0.3 is 5.69 Å². The van der Waals surface area contributed by atoms with Crippen LogP contribution in [0.4, 0.5) is 11.5 Å². The molecular formula is C11H19N5O2. The van der Waals surface area contributed by atoms with Crippen molar-refractivity contribution in [3.63, 3.8) is 0 Å². The van der Waals surface area contributed by atoms with Crippen LogP contribution >= 0.6 is 0 Å². The zero-order chi connectivity index (χ0) is 13.1. The van der Waals surface area contributed by atoms with Crippen molar-refractivity contribution in [3.8, 4) is 0 Å². The second-order valence-corrected chi connectivity index (χ2v) is 4.80. The number of likely N-dealkylation sites (N-methyl/N-ethyl adjacent to an activating group) is 1. The number of aryl methyl sites for hydroxylation is 1. The molecule has 18 heavy (non-hydrogen) atoms. The molecule has 1 saturated heterocycles. The van der Waals surface area contributed by atoms with Crippen molar-refractivity contribution in [1.29, 1.82) is 0 Å². The SMILES string of the molecule is CN1CCCCC1CNc1nn(C)cc1[N+](=O)[O-]. The Morgan fingerprint density at radius 3 is 3.00 bits per heavy atom. The van der Waals surface area contributed by atoms with E-state index in [1.54, 1.807) is 7.05 Å². The van der Waals surface area contributed by atoms with E-state index in [1.165, 1.54) is 23.7 Å². The molecule has 1 aromatic heterocycles. The fourth-order valence-electron chi connectivity index (χ4n) is 2.35. The van der Waals surface area contributed by atoms with Crippen molar-refractivity contribution in [2.24, 2.45) is 7.05 Å². The number of rotatable bonds is 4. The van der Waals surface area contributed by atoms with Gasteiger partial charge in [-0.25, -0.2) is 0 Å². The minimum Gasteiger partial charge on any atom is -0.361 e. The van der Waals surface area contributed by atoms with Crippen LogP contribution in [0, 0.1) is 10.1 Å². The van der Waals surface area contributed by atoms with Crippen molar-refractivity contribution in [3.05, 3.63) is 16.3 Å². The summed E-state index contributed by atoms with van der Waals surface area (Å²) >= 11 is 0. The van der Waals surface area contributed by atoms with Crippen LogP contribution in [0.25, 0.3) is 0 Å². The summed E-state index contributed by atoms with van der Waals surface area (Å²) in [5.74, 6) is 0.362. The lowest BCUT2D eigenvalue weighted by molar-refractivity contribution is -0.384. The molecule has 0 amide bonds. The quantitative estimate of drug-likeness (QED) is 0.645. The first-order chi connectivity index (χ1) is 8.58. The molecule has 0 bridgehead atoms. The Hall–Kier alpha value is -1.63. The monoisotopic (exact) mass is 253 g/mol. The summed E-state index contributed by atoms with van der Waals surface area (Å²) in [6, 6.07) is 0.431. The number of nitro groups is 1. The van der Waals surface area contributed by atoms with Crippen LogP contribution in [-0.4, -0.2) is 45.8 Å². The molecule has 1 atom stereocenters. The molecule has 1 unspecified atom stereocenters. The van der Waals surface area contributed by atoms with E-state index in [2.05, 4.69) is 22.4 Å². The average Bonchev–Trinajstić information content (AvgIpc) is 2.70. The first-order valence-corrected chi connectivity index (χ1v) is 6.20. The molecule has 0 spiro atoms. The number of piperidine rings is 1. The standard InChI is InChI=1S/C11H19N5O2/c1-14-6-4-3-5-9(14)7-12-11-10(16(17)18)8-15(2)13-11/h8-9H,3-7H2,1-2H3,(H,12,13). The summed E-state index contributed by atoms with van der Waals surface area (Å²) in [7, 11) is 3.78. The number of hydrogen-bond acceptors (Lipinski definition) is 5. The number of aromatic nitrogens is 2. The molecule has 0 aromatic carbocycles. The third-order valence-electron chi connectivity index (χ3n) is 3.43. The van der Waals surface area contributed by atoms with Gasteiger partial charge in [0.15, 0.2) is 0 Å². The van der Waals surface area contributed by atoms with Gasteiger partial charge in [0.2, 0.25) is 5.82 Å². The van der Waals surface area contributed by atoms with Crippen molar-refractivity contribution < 1.29 is 4.92 Å². The fraction of sp³-hybridized carbons (Fsp3) is 0.727. The normalized spacial score (nSPS) is 20.9. The van der Waals surface area contributed by atoms with Gasteiger partial charge in [-0.3, -0.25) is 14.8 Å². The van der Waals surface area contributed by atoms with Gasteiger partial charge in [0.1, 0.15) is 6.20 Å². The minimum atomic E-state index is -0.403. The molecule has 1 aliphatic rings. The van der Waals surface area contributed by atoms with E-state index >= 15 is 0 Å². The predicted molar refractivity (Wildman–Crippen MR) is 68.6 cm³/mol. The van der Waals surface area contributed by atoms with Crippen LogP contribution in [0.3, 0.4) is 0 Å². The maximum Gasteiger partial charge on any atom is 0.330 e. The molecule has 7 heteroatoms. The molecule has 7 nitrogen and oxygen atoms in total. The Balaban J connectivity index is 1.99. The van der Waals surface area contributed by atoms with Crippen molar-refractivity contribution in [1.82, 2.24) is 14.7 Å². The Morgan fingerprint density at radius 1 is 1.56 bits per heavy atom. The van der Waals surface area contributed by atoms with E-state index in [4.69, 9.17) is 0 Å². The molecule has 1 fully saturated rings. The minimum absolute atomic E-state index is 0.0379. The lowest BCUT2D eigenvalue weighted by Crippen LogP contribution is -2.40. The van der Waals surface area contributed by atoms with E-state index in [1.807, 2.05) is 0 Å². The molecule has 1 N–H and O–H groups in total. The lowest BCUT2D eigenvalue weighted by atomic mass is 10.0. The summed E-state index contributed by atoms with van der Waals surface area (Å²) in [4.78, 5) is 12.7. The molecule has 0 aliphatic carbocycles. The summed E-state index contributed by atoms with van der Waals surface area (Å²) in [6.07, 6.45) is 5.01. The van der Waals surface area contributed by atoms with E-state index in [0.717, 1.165) is 13.0 Å². The van der Waals surface area contributed by atoms with Gasteiger partial charge < -0.3 is 10.2 Å². The highest BCUT2D eigenvalue weighted by Gasteiger charge is 2.22. The molecule has 1 aliphatic heterocycles. The van der Waals surface area contributed by atoms with E-state index < -0.39 is 4.92 Å². The molecular weight excluding hydrogens is 234 g/mol. The number of nitrogens with zero attached hydrogens (tertiary/aromatic N) is 4. The number of likely N-dealkylation sites (tertiary alicyclic amines) is 1. The Morgan fingerprint density at radius 2 is 2.33 bits per heavy atom. The Labute approximate surface area is 106 Å². The summed E-state index contributed by atoms with van der Waals surface area (Å²) < 4.78 is 1.46. The maximum atomic E-state index is 10.9. The molecule has 1 aromatic rings. The smallest absolute Gasteiger partial charge is 0.330 e. The van der Waals surface area contributed by atoms with Gasteiger partial charge in [-0.1, -0.05) is 6.42 Å². The van der Waals surface area contributed by atoms with Gasteiger partial charge in [-0.15, -0.1) is 5.10 Å². The van der Waals surface area contributed by atoms with Crippen molar-refractivity contribution >= 4 is 11.5 Å². The van der Waals surface area contributed by atoms with Crippen LogP contribution in [-0.2, 0) is 7.05 Å². The fourth-order valence-corrected chi connectivity index (χ4v) is 2.35. The van der Waals surface area contributed by atoms with Gasteiger partial charge in [0, 0.05) is 19.6 Å². The van der Waals surface area contributed by atoms with Gasteiger partial charge in [0.05, 0.1) is 4.92 Å². The zero-order valence-corrected chi connectivity index (χ0v) is 10.8. The largest absolute Gasteiger partial charge is 0.361 e. The number of nitrogens with one attached hydrogen (secondary N) is 1. The lowest BCUT2D eigenvalue weighted by Gasteiger charge is -2.32. The van der Waals surface area contributed by atoms with Crippen LogP contribution < -0.4 is 5.32 Å². The Bertz CT molecular complexity index is 431. The highest BCUT2D eigenvalue weighted by Crippen LogP contribution is 2.22. The highest BCUT2D eigenvalue weighted by molar-refractivity contribution is 5.54. The van der Waals surface area contributed by atoms with Crippen LogP contribution in [0.15, 0.2) is 6.20 Å². The van der Waals surface area contributed by atoms with Crippen molar-refractivity contribution in [2.45, 2.75) is 25.3 Å². The van der Waals surface area contributed by atoms with Gasteiger partial charge in [-0.05, 0) is 26.4 Å². The maximum absolute atomic E-state index is 10.9. The van der Waals surface area contributed by atoms with Crippen LogP contribution in [0.5, 0.6) is 0 Å². The zero-order valence-electron chi connectivity index (χ0n) is 10.8. The first-order valence-electron chi connectivity index (χ1n) is 6.20. The van der Waals surface area contributed by atoms with Gasteiger partial charge in [0.25, 0.3) is 0 Å². The average molecular weight is 253 g/mol. The van der Waals surface area contributed by atoms with E-state index in [-0.39, 0.29) is 5.69 Å². The summed E-state index contributed by atoms with van der Waals surface area (Å²) in [5, 5.41) is 18.0. The van der Waals surface area contributed by atoms with Crippen LogP contribution in [0.2, 0.25) is 0 Å². The predicted octanol–water partition coefficient (Wildman–Crippen LogP) is 1.22. The number of anilines is 1. The molecule has 2 heterocycles. The molecule has 0 saturated carbocycles. The molecule has 2 rings (SSSR count). The Kier molecular flexibility index (Phi) is 3.81. The molecule has 100 valence electrons. The van der Waals surface area contributed by atoms with E-state index in [0.29, 0.717) is 18.4 Å². The third-order valence-corrected chi connectivity index (χ3v) is 3.43. The highest BCUT2D eigenvalue weighted by atomic mass is 16.6. The first kappa shape index (κ1) is 12.8. The summed E-state index contributed by atoms with van der Waals surface area (Å²) in [6.45, 7) is 1.80.